The highest BCUT2D eigenvalue weighted by Gasteiger charge is 2.36. The fourth-order valence-electron chi connectivity index (χ4n) is 2.88. The number of ether oxygens (including phenoxy) is 1. The zero-order chi connectivity index (χ0) is 22.6. The number of rotatable bonds is 6. The van der Waals surface area contributed by atoms with Crippen molar-refractivity contribution in [3.8, 4) is 5.75 Å². The van der Waals surface area contributed by atoms with Crippen molar-refractivity contribution >= 4 is 23.4 Å². The molecule has 0 spiro atoms. The second-order valence-electron chi connectivity index (χ2n) is 7.73. The molecule has 0 unspecified atom stereocenters. The van der Waals surface area contributed by atoms with Gasteiger partial charge in [-0.15, -0.1) is 0 Å². The topological polar surface area (TPSA) is 38.2 Å². The normalized spacial score (nSPS) is 12.0. The number of halogens is 3. The van der Waals surface area contributed by atoms with Crippen LogP contribution in [0.3, 0.4) is 0 Å². The Morgan fingerprint density at radius 1 is 0.968 bits per heavy atom. The lowest BCUT2D eigenvalue weighted by molar-refractivity contribution is -0.140. The molecule has 0 saturated heterocycles. The van der Waals surface area contributed by atoms with Crippen molar-refractivity contribution in [2.45, 2.75) is 49.4 Å². The molecule has 1 aromatic heterocycles. The number of alkyl halides is 3. The molecule has 0 N–H and O–H groups in total. The molecule has 3 aromatic rings. The Hall–Kier alpha value is -2.74. The number of hydrogen-bond acceptors (Lipinski definition) is 5. The first-order valence-electron chi connectivity index (χ1n) is 9.81. The van der Waals surface area contributed by atoms with Crippen LogP contribution < -0.4 is 9.64 Å². The Bertz CT molecular complexity index is 1020. The van der Waals surface area contributed by atoms with E-state index < -0.39 is 17.3 Å². The van der Waals surface area contributed by atoms with Crippen LogP contribution in [-0.2, 0) is 6.18 Å². The van der Waals surface area contributed by atoms with Crippen LogP contribution in [0.2, 0.25) is 0 Å². The van der Waals surface area contributed by atoms with E-state index in [1.165, 1.54) is 0 Å². The summed E-state index contributed by atoms with van der Waals surface area (Å²) in [6.45, 7) is 8.14. The number of nitrogens with zero attached hydrogens (tertiary/aromatic N) is 3. The zero-order valence-electron chi connectivity index (χ0n) is 17.8. The summed E-state index contributed by atoms with van der Waals surface area (Å²) in [4.78, 5) is 10.8. The highest BCUT2D eigenvalue weighted by molar-refractivity contribution is 7.99. The second-order valence-corrected chi connectivity index (χ2v) is 8.79. The number of hydrogen-bond donors (Lipinski definition) is 0. The summed E-state index contributed by atoms with van der Waals surface area (Å²) >= 11 is 0.964. The second kappa shape index (κ2) is 9.18. The van der Waals surface area contributed by atoms with Crippen molar-refractivity contribution in [2.75, 3.05) is 11.4 Å². The summed E-state index contributed by atoms with van der Waals surface area (Å²) < 4.78 is 46.9. The minimum atomic E-state index is -4.56. The summed E-state index contributed by atoms with van der Waals surface area (Å²) in [6, 6.07) is 16.2. The van der Waals surface area contributed by atoms with Gasteiger partial charge in [-0.05, 0) is 52.0 Å². The molecule has 1 heterocycles. The van der Waals surface area contributed by atoms with Gasteiger partial charge in [0.05, 0.1) is 5.69 Å². The molecule has 0 atom stereocenters. The van der Waals surface area contributed by atoms with Gasteiger partial charge in [-0.25, -0.2) is 9.97 Å². The molecule has 0 fully saturated rings. The van der Waals surface area contributed by atoms with Crippen LogP contribution >= 0.6 is 11.8 Å². The van der Waals surface area contributed by atoms with E-state index in [1.54, 1.807) is 29.2 Å². The molecule has 4 nitrogen and oxygen atoms in total. The Balaban J connectivity index is 2.06. The molecule has 0 aliphatic rings. The molecule has 3 rings (SSSR count). The van der Waals surface area contributed by atoms with Gasteiger partial charge < -0.3 is 9.64 Å². The Labute approximate surface area is 184 Å². The molecular formula is C23H24F3N3OS. The average molecular weight is 448 g/mol. The van der Waals surface area contributed by atoms with E-state index in [1.807, 2.05) is 58.0 Å². The van der Waals surface area contributed by atoms with Gasteiger partial charge in [0.25, 0.3) is 0 Å². The first-order chi connectivity index (χ1) is 14.6. The summed E-state index contributed by atoms with van der Waals surface area (Å²) in [6.07, 6.45) is -3.70. The molecule has 2 aromatic carbocycles. The zero-order valence-corrected chi connectivity index (χ0v) is 18.6. The largest absolute Gasteiger partial charge is 0.486 e. The molecule has 0 radical (unpaired) electrons. The van der Waals surface area contributed by atoms with Gasteiger partial charge in [-0.2, -0.15) is 13.2 Å². The Morgan fingerprint density at radius 2 is 1.61 bits per heavy atom. The average Bonchev–Trinajstić information content (AvgIpc) is 2.69. The maximum Gasteiger partial charge on any atom is 0.420 e. The lowest BCUT2D eigenvalue weighted by atomic mass is 10.2. The molecule has 0 aliphatic carbocycles. The fourth-order valence-corrected chi connectivity index (χ4v) is 3.80. The molecular weight excluding hydrogens is 423 g/mol. The molecule has 0 aliphatic heterocycles. The third-order valence-electron chi connectivity index (χ3n) is 4.13. The minimum absolute atomic E-state index is 0.142. The van der Waals surface area contributed by atoms with Gasteiger partial charge >= 0.3 is 6.18 Å². The van der Waals surface area contributed by atoms with Gasteiger partial charge in [-0.1, -0.05) is 42.1 Å². The molecule has 8 heteroatoms. The lowest BCUT2D eigenvalue weighted by Crippen LogP contribution is -2.26. The van der Waals surface area contributed by atoms with Crippen LogP contribution in [0.15, 0.2) is 70.7 Å². The van der Waals surface area contributed by atoms with Crippen molar-refractivity contribution < 1.29 is 17.9 Å². The van der Waals surface area contributed by atoms with Gasteiger partial charge in [0.2, 0.25) is 5.95 Å². The predicted molar refractivity (Wildman–Crippen MR) is 117 cm³/mol. The third-order valence-corrected chi connectivity index (χ3v) is 5.15. The van der Waals surface area contributed by atoms with Gasteiger partial charge in [0.15, 0.2) is 0 Å². The van der Waals surface area contributed by atoms with E-state index >= 15 is 0 Å². The molecule has 0 amide bonds. The number of anilines is 2. The van der Waals surface area contributed by atoms with Crippen LogP contribution in [0.25, 0.3) is 0 Å². The Kier molecular flexibility index (Phi) is 6.79. The van der Waals surface area contributed by atoms with Crippen LogP contribution in [0.5, 0.6) is 5.75 Å². The Morgan fingerprint density at radius 3 is 2.23 bits per heavy atom. The number of para-hydroxylation sites is 2. The third kappa shape index (κ3) is 5.91. The molecule has 0 bridgehead atoms. The van der Waals surface area contributed by atoms with E-state index in [4.69, 9.17) is 4.74 Å². The first-order valence-corrected chi connectivity index (χ1v) is 10.6. The van der Waals surface area contributed by atoms with Crippen LogP contribution in [-0.4, -0.2) is 22.1 Å². The summed E-state index contributed by atoms with van der Waals surface area (Å²) in [5.74, 6) is 0.788. The molecule has 164 valence electrons. The van der Waals surface area contributed by atoms with Crippen molar-refractivity contribution in [2.24, 2.45) is 0 Å². The minimum Gasteiger partial charge on any atom is -0.486 e. The highest BCUT2D eigenvalue weighted by atomic mass is 32.2. The number of benzene rings is 2. The van der Waals surface area contributed by atoms with Crippen molar-refractivity contribution in [3.05, 3.63) is 66.4 Å². The monoisotopic (exact) mass is 447 g/mol. The fraction of sp³-hybridized carbons (Fsp3) is 0.304. The van der Waals surface area contributed by atoms with Crippen molar-refractivity contribution in [1.82, 2.24) is 9.97 Å². The van der Waals surface area contributed by atoms with Gasteiger partial charge in [0.1, 0.15) is 21.9 Å². The summed E-state index contributed by atoms with van der Waals surface area (Å²) in [5.41, 5.74) is -0.610. The standard InChI is InChI=1S/C23H24F3N3OS/c1-5-29(18-13-9-10-14-19(18)30-22(2,3)4)21-27-15-17(23(24,25)26)20(28-21)31-16-11-7-6-8-12-16/h6-15H,5H2,1-4H3. The lowest BCUT2D eigenvalue weighted by Gasteiger charge is -2.28. The van der Waals surface area contributed by atoms with Crippen molar-refractivity contribution in [1.29, 1.82) is 0 Å². The van der Waals surface area contributed by atoms with Crippen molar-refractivity contribution in [3.63, 3.8) is 0 Å². The maximum atomic E-state index is 13.6. The van der Waals surface area contributed by atoms with E-state index in [-0.39, 0.29) is 11.0 Å². The van der Waals surface area contributed by atoms with Crippen LogP contribution in [0.4, 0.5) is 24.8 Å². The maximum absolute atomic E-state index is 13.6. The van der Waals surface area contributed by atoms with E-state index in [0.29, 0.717) is 22.9 Å². The SMILES string of the molecule is CCN(c1ncc(C(F)(F)F)c(Sc2ccccc2)n1)c1ccccc1OC(C)(C)C. The van der Waals surface area contributed by atoms with E-state index in [0.717, 1.165) is 18.0 Å². The molecule has 31 heavy (non-hydrogen) atoms. The summed E-state index contributed by atoms with van der Waals surface area (Å²) in [5, 5.41) is -0.142. The molecule has 0 saturated carbocycles. The predicted octanol–water partition coefficient (Wildman–Crippen LogP) is 6.98. The quantitative estimate of drug-likeness (QED) is 0.381. The smallest absolute Gasteiger partial charge is 0.420 e. The van der Waals surface area contributed by atoms with Gasteiger partial charge in [0, 0.05) is 17.6 Å². The van der Waals surface area contributed by atoms with E-state index in [2.05, 4.69) is 9.97 Å². The van der Waals surface area contributed by atoms with Crippen LogP contribution in [0.1, 0.15) is 33.3 Å². The first kappa shape index (κ1) is 22.9. The summed E-state index contributed by atoms with van der Waals surface area (Å²) in [7, 11) is 0. The van der Waals surface area contributed by atoms with Gasteiger partial charge in [-0.3, -0.25) is 0 Å². The van der Waals surface area contributed by atoms with E-state index in [9.17, 15) is 13.2 Å². The van der Waals surface area contributed by atoms with Crippen LogP contribution in [0, 0.1) is 0 Å². The number of aromatic nitrogens is 2. The highest BCUT2D eigenvalue weighted by Crippen LogP contribution is 2.40.